The summed E-state index contributed by atoms with van der Waals surface area (Å²) in [5.74, 6) is 1.78. The predicted octanol–water partition coefficient (Wildman–Crippen LogP) is 4.89. The Bertz CT molecular complexity index is 596. The van der Waals surface area contributed by atoms with Gasteiger partial charge in [0.15, 0.2) is 0 Å². The van der Waals surface area contributed by atoms with Crippen molar-refractivity contribution in [2.75, 3.05) is 25.1 Å². The van der Waals surface area contributed by atoms with E-state index in [1.165, 1.54) is 5.56 Å². The van der Waals surface area contributed by atoms with Gasteiger partial charge in [-0.05, 0) is 62.2 Å². The third-order valence-electron chi connectivity index (χ3n) is 3.89. The number of rotatable bonds is 11. The Hall–Kier alpha value is -2.20. The van der Waals surface area contributed by atoms with Crippen LogP contribution in [0.4, 0.5) is 5.69 Å². The van der Waals surface area contributed by atoms with Gasteiger partial charge < -0.3 is 19.5 Å². The molecule has 0 aliphatic heterocycles. The summed E-state index contributed by atoms with van der Waals surface area (Å²) in [6.07, 6.45) is 1.26. The van der Waals surface area contributed by atoms with Gasteiger partial charge in [0, 0.05) is 18.8 Å². The van der Waals surface area contributed by atoms with Crippen molar-refractivity contribution in [3.8, 4) is 11.5 Å². The molecule has 0 aliphatic rings. The highest BCUT2D eigenvalue weighted by molar-refractivity contribution is 5.47. The molecule has 0 aromatic heterocycles. The van der Waals surface area contributed by atoms with Gasteiger partial charge >= 0.3 is 0 Å². The van der Waals surface area contributed by atoms with Crippen molar-refractivity contribution in [2.45, 2.75) is 39.8 Å². The van der Waals surface area contributed by atoms with Gasteiger partial charge in [-0.1, -0.05) is 19.1 Å². The minimum absolute atomic E-state index is 0.248. The molecule has 0 unspecified atom stereocenters. The van der Waals surface area contributed by atoms with Crippen LogP contribution in [0.2, 0.25) is 0 Å². The van der Waals surface area contributed by atoms with E-state index >= 15 is 0 Å². The number of ether oxygens (including phenoxy) is 3. The van der Waals surface area contributed by atoms with E-state index < -0.39 is 0 Å². The van der Waals surface area contributed by atoms with Gasteiger partial charge in [-0.15, -0.1) is 0 Å². The first-order valence-corrected chi connectivity index (χ1v) is 9.01. The SMILES string of the molecule is CCOCCOc1ccc(NCc2ccc(O[C@H](C)CC)cc2)cc1. The molecule has 136 valence electrons. The summed E-state index contributed by atoms with van der Waals surface area (Å²) < 4.78 is 16.7. The first-order chi connectivity index (χ1) is 12.2. The van der Waals surface area contributed by atoms with Gasteiger partial charge in [-0.25, -0.2) is 0 Å². The standard InChI is InChI=1S/C21H29NO3/c1-4-17(3)25-21-10-6-18(7-11-21)16-22-19-8-12-20(13-9-19)24-15-14-23-5-2/h6-13,17,22H,4-5,14-16H2,1-3H3/t17-/m1/s1. The van der Waals surface area contributed by atoms with Gasteiger partial charge in [0.2, 0.25) is 0 Å². The lowest BCUT2D eigenvalue weighted by atomic mass is 10.2. The molecule has 0 amide bonds. The van der Waals surface area contributed by atoms with Crippen LogP contribution in [0.3, 0.4) is 0 Å². The van der Waals surface area contributed by atoms with Crippen LogP contribution in [0.15, 0.2) is 48.5 Å². The van der Waals surface area contributed by atoms with Crippen molar-refractivity contribution in [1.82, 2.24) is 0 Å². The number of benzene rings is 2. The minimum atomic E-state index is 0.248. The van der Waals surface area contributed by atoms with E-state index in [4.69, 9.17) is 14.2 Å². The fourth-order valence-electron chi connectivity index (χ4n) is 2.24. The second-order valence-corrected chi connectivity index (χ2v) is 5.90. The van der Waals surface area contributed by atoms with Crippen LogP contribution in [-0.4, -0.2) is 25.9 Å². The van der Waals surface area contributed by atoms with Crippen LogP contribution in [0.1, 0.15) is 32.8 Å². The first-order valence-electron chi connectivity index (χ1n) is 9.01. The third-order valence-corrected chi connectivity index (χ3v) is 3.89. The van der Waals surface area contributed by atoms with Crippen LogP contribution >= 0.6 is 0 Å². The summed E-state index contributed by atoms with van der Waals surface area (Å²) in [7, 11) is 0. The molecule has 0 radical (unpaired) electrons. The highest BCUT2D eigenvalue weighted by atomic mass is 16.5. The second kappa shape index (κ2) is 10.6. The van der Waals surface area contributed by atoms with E-state index in [9.17, 15) is 0 Å². The second-order valence-electron chi connectivity index (χ2n) is 5.90. The Morgan fingerprint density at radius 3 is 2.20 bits per heavy atom. The summed E-state index contributed by atoms with van der Waals surface area (Å²) in [5, 5.41) is 3.41. The molecule has 0 saturated heterocycles. The zero-order chi connectivity index (χ0) is 17.9. The highest BCUT2D eigenvalue weighted by Crippen LogP contribution is 2.18. The Labute approximate surface area is 151 Å². The topological polar surface area (TPSA) is 39.7 Å². The lowest BCUT2D eigenvalue weighted by molar-refractivity contribution is 0.110. The van der Waals surface area contributed by atoms with Crippen LogP contribution in [0, 0.1) is 0 Å². The van der Waals surface area contributed by atoms with Crippen molar-refractivity contribution in [1.29, 1.82) is 0 Å². The molecule has 0 saturated carbocycles. The molecule has 0 spiro atoms. The summed E-state index contributed by atoms with van der Waals surface area (Å²) in [4.78, 5) is 0. The number of nitrogens with one attached hydrogen (secondary N) is 1. The molecule has 1 N–H and O–H groups in total. The molecule has 4 heteroatoms. The van der Waals surface area contributed by atoms with Crippen molar-refractivity contribution in [2.24, 2.45) is 0 Å². The van der Waals surface area contributed by atoms with Gasteiger partial charge in [0.05, 0.1) is 12.7 Å². The molecular formula is C21H29NO3. The maximum Gasteiger partial charge on any atom is 0.119 e. The Kier molecular flexibility index (Phi) is 8.13. The van der Waals surface area contributed by atoms with E-state index in [0.717, 1.165) is 36.8 Å². The lowest BCUT2D eigenvalue weighted by Gasteiger charge is -2.13. The van der Waals surface area contributed by atoms with E-state index in [1.54, 1.807) is 0 Å². The summed E-state index contributed by atoms with van der Waals surface area (Å²) in [6, 6.07) is 16.2. The van der Waals surface area contributed by atoms with Crippen molar-refractivity contribution < 1.29 is 14.2 Å². The molecule has 0 bridgehead atoms. The molecule has 2 aromatic rings. The van der Waals surface area contributed by atoms with Gasteiger partial charge in [0.1, 0.15) is 18.1 Å². The van der Waals surface area contributed by atoms with Gasteiger partial charge in [-0.3, -0.25) is 0 Å². The maximum absolute atomic E-state index is 5.80. The maximum atomic E-state index is 5.80. The summed E-state index contributed by atoms with van der Waals surface area (Å²) in [5.41, 5.74) is 2.28. The lowest BCUT2D eigenvalue weighted by Crippen LogP contribution is -2.09. The Morgan fingerprint density at radius 1 is 0.880 bits per heavy atom. The monoisotopic (exact) mass is 343 g/mol. The molecule has 1 atom stereocenters. The first kappa shape index (κ1) is 19.1. The van der Waals surface area contributed by atoms with Crippen molar-refractivity contribution >= 4 is 5.69 Å². The van der Waals surface area contributed by atoms with E-state index in [0.29, 0.717) is 13.2 Å². The molecule has 0 fully saturated rings. The smallest absolute Gasteiger partial charge is 0.119 e. The van der Waals surface area contributed by atoms with E-state index in [1.807, 2.05) is 43.3 Å². The minimum Gasteiger partial charge on any atom is -0.491 e. The fraction of sp³-hybridized carbons (Fsp3) is 0.429. The quantitative estimate of drug-likeness (QED) is 0.590. The van der Waals surface area contributed by atoms with E-state index in [2.05, 4.69) is 31.3 Å². The van der Waals surface area contributed by atoms with Crippen LogP contribution in [0.25, 0.3) is 0 Å². The molecule has 4 nitrogen and oxygen atoms in total. The van der Waals surface area contributed by atoms with Gasteiger partial charge in [-0.2, -0.15) is 0 Å². The molecular weight excluding hydrogens is 314 g/mol. The Balaban J connectivity index is 1.77. The molecule has 0 heterocycles. The number of hydrogen-bond acceptors (Lipinski definition) is 4. The normalized spacial score (nSPS) is 11.8. The predicted molar refractivity (Wildman–Crippen MR) is 103 cm³/mol. The Morgan fingerprint density at radius 2 is 1.56 bits per heavy atom. The molecule has 2 aromatic carbocycles. The number of hydrogen-bond donors (Lipinski definition) is 1. The van der Waals surface area contributed by atoms with Gasteiger partial charge in [0.25, 0.3) is 0 Å². The number of anilines is 1. The zero-order valence-corrected chi connectivity index (χ0v) is 15.5. The summed E-state index contributed by atoms with van der Waals surface area (Å²) in [6.45, 7) is 8.87. The van der Waals surface area contributed by atoms with Crippen molar-refractivity contribution in [3.05, 3.63) is 54.1 Å². The average Bonchev–Trinajstić information content (AvgIpc) is 2.65. The van der Waals surface area contributed by atoms with E-state index in [-0.39, 0.29) is 6.10 Å². The molecule has 25 heavy (non-hydrogen) atoms. The van der Waals surface area contributed by atoms with Crippen LogP contribution in [0.5, 0.6) is 11.5 Å². The summed E-state index contributed by atoms with van der Waals surface area (Å²) >= 11 is 0. The zero-order valence-electron chi connectivity index (χ0n) is 15.5. The largest absolute Gasteiger partial charge is 0.491 e. The van der Waals surface area contributed by atoms with Crippen LogP contribution in [-0.2, 0) is 11.3 Å². The molecule has 0 aliphatic carbocycles. The molecule has 2 rings (SSSR count). The highest BCUT2D eigenvalue weighted by Gasteiger charge is 2.01. The van der Waals surface area contributed by atoms with Crippen molar-refractivity contribution in [3.63, 3.8) is 0 Å². The van der Waals surface area contributed by atoms with Crippen LogP contribution < -0.4 is 14.8 Å². The third kappa shape index (κ3) is 7.06. The fourth-order valence-corrected chi connectivity index (χ4v) is 2.24. The average molecular weight is 343 g/mol.